The number of amides is 11. The van der Waals surface area contributed by atoms with Crippen LogP contribution in [-0.4, -0.2) is 214 Å². The zero-order chi connectivity index (χ0) is 83.9. The fourth-order valence-corrected chi connectivity index (χ4v) is 19.0. The van der Waals surface area contributed by atoms with Crippen LogP contribution in [0, 0.1) is 0 Å². The van der Waals surface area contributed by atoms with Crippen molar-refractivity contribution in [3.05, 3.63) is 144 Å². The number of esters is 2. The van der Waals surface area contributed by atoms with Crippen molar-refractivity contribution in [2.24, 2.45) is 5.73 Å². The average molecular weight is 1700 g/mol. The molecule has 6 unspecified atom stereocenters. The van der Waals surface area contributed by atoms with Gasteiger partial charge in [0.15, 0.2) is 0 Å². The summed E-state index contributed by atoms with van der Waals surface area (Å²) >= 11 is 5.93. The van der Waals surface area contributed by atoms with Gasteiger partial charge >= 0.3 is 11.9 Å². The molecule has 0 spiro atoms. The van der Waals surface area contributed by atoms with Crippen LogP contribution in [0.1, 0.15) is 151 Å². The van der Waals surface area contributed by atoms with Crippen molar-refractivity contribution in [2.75, 3.05) is 112 Å². The lowest BCUT2D eigenvalue weighted by molar-refractivity contribution is -0.422. The third kappa shape index (κ3) is 24.9. The second-order valence-corrected chi connectivity index (χ2v) is 34.0. The number of anilines is 4. The molecule has 4 aliphatic heterocycles. The Morgan fingerprint density at radius 1 is 0.453 bits per heavy atom. The van der Waals surface area contributed by atoms with Gasteiger partial charge in [0.05, 0.1) is 28.0 Å². The molecule has 6 atom stereocenters. The molecular weight excluding hydrogens is 1590 g/mol. The smallest absolute Gasteiger partial charge is 0.302 e. The van der Waals surface area contributed by atoms with Crippen molar-refractivity contribution < 1.29 is 89.2 Å². The molecule has 10 N–H and O–H groups in total. The Morgan fingerprint density at radius 3 is 1.16 bits per heavy atom. The van der Waals surface area contributed by atoms with E-state index in [9.17, 15) is 62.3 Å². The van der Waals surface area contributed by atoms with E-state index < -0.39 is 39.5 Å². The van der Waals surface area contributed by atoms with E-state index >= 15 is 0 Å². The number of ether oxygens (including phenoxy) is 2. The first-order valence-electron chi connectivity index (χ1n) is 39.0. The van der Waals surface area contributed by atoms with Crippen molar-refractivity contribution in [3.8, 4) is 22.3 Å². The lowest BCUT2D eigenvalue weighted by atomic mass is 9.97. The van der Waals surface area contributed by atoms with Gasteiger partial charge < -0.3 is 64.0 Å². The molecule has 33 heteroatoms. The lowest BCUT2D eigenvalue weighted by Gasteiger charge is -2.19. The highest BCUT2D eigenvalue weighted by atomic mass is 35.5. The van der Waals surface area contributed by atoms with Crippen LogP contribution in [0.15, 0.2) is 122 Å². The number of nitrogens with two attached hydrogens (primary N) is 1. The first-order chi connectivity index (χ1) is 55.6. The first-order valence-corrected chi connectivity index (χ1v) is 43.2. The number of rotatable bonds is 43. The zero-order valence-corrected chi connectivity index (χ0v) is 71.1. The van der Waals surface area contributed by atoms with Gasteiger partial charge in [0.2, 0.25) is 70.8 Å². The minimum atomic E-state index is -0.478. The van der Waals surface area contributed by atoms with Crippen LogP contribution in [0.4, 0.5) is 22.7 Å². The number of halogens is 1. The molecule has 0 radical (unpaired) electrons. The van der Waals surface area contributed by atoms with Gasteiger partial charge in [-0.05, 0) is 126 Å². The van der Waals surface area contributed by atoms with Crippen molar-refractivity contribution in [1.29, 1.82) is 0 Å². The Morgan fingerprint density at radius 2 is 0.786 bits per heavy atom. The number of carbonyl (C=O) groups is 13. The number of allylic oxidation sites excluding steroid dienone is 4. The predicted molar refractivity (Wildman–Crippen MR) is 456 cm³/mol. The summed E-state index contributed by atoms with van der Waals surface area (Å²) in [6.45, 7) is 18.7. The second-order valence-electron chi connectivity index (χ2n) is 28.7. The van der Waals surface area contributed by atoms with E-state index in [2.05, 4.69) is 68.5 Å². The van der Waals surface area contributed by atoms with E-state index in [1.54, 1.807) is 66.2 Å². The van der Waals surface area contributed by atoms with Gasteiger partial charge in [0.25, 0.3) is 0 Å². The summed E-state index contributed by atoms with van der Waals surface area (Å²) in [5, 5.41) is 19.3. The van der Waals surface area contributed by atoms with E-state index in [4.69, 9.17) is 15.2 Å². The summed E-state index contributed by atoms with van der Waals surface area (Å²) in [5.41, 5.74) is 17.3. The van der Waals surface area contributed by atoms with Crippen molar-refractivity contribution in [3.63, 3.8) is 0 Å². The Labute approximate surface area is 706 Å². The standard InChI is InChI=1S/C43H54N6O7S2.C41H51N7O8S2.ClH/c1-26(44-5)11-9-21-57-35-23-28(3)48(42(35)54)19-17-37(51)46-33-15-7-13-30-32(25-56-29(4)50)31-14-8-16-34(41(31)40(30)33)47-38(52)18-20-49-39(53)24-36(43(49)55)58-22-10-12-27(2)45-6;1-24(43-3)8-6-18-57-32-21-38(53)48(40(32)54)17-15-36(51)46-31-10-5-9-27-30(23-56-25(2)49)29-20-26(12-13-28(29)39(27)31)45-35(50)14-16-47-37(52)22-33(41(47)55)58-19-7-11-34(42)44-4;/h7-8,13-16,32,35-36,44-45H,1-3,9-12,17-25H2,4-6H3,(H,46,51)(H,47,52);5,9-10,12-13,20,30,32-33,43H,1,6-8,11,14-19,21-23H2,2-4H3,(H2,42,44)(H,45,50)(H,46,51);1H. The van der Waals surface area contributed by atoms with E-state index in [1.165, 1.54) is 58.9 Å². The monoisotopic (exact) mass is 1700 g/mol. The number of fused-ring (bicyclic) bond motifs is 6. The lowest BCUT2D eigenvalue weighted by Crippen LogP contribution is -3.00. The Bertz CT molecular complexity index is 4390. The van der Waals surface area contributed by atoms with Crippen molar-refractivity contribution in [1.82, 2.24) is 35.6 Å². The number of hydrogen-bond donors (Lipinski definition) is 9. The third-order valence-electron chi connectivity index (χ3n) is 20.7. The van der Waals surface area contributed by atoms with Crippen molar-refractivity contribution >= 4 is 153 Å². The summed E-state index contributed by atoms with van der Waals surface area (Å²) in [6, 6.07) is 21.7. The average Bonchev–Trinajstić information content (AvgIpc) is 1.59. The second kappa shape index (κ2) is 44.6. The van der Waals surface area contributed by atoms with Gasteiger partial charge in [-0.25, -0.2) is 0 Å². The molecule has 11 amide bonds. The molecular formula is C84H106ClN13O15S4. The number of nitrogens with zero attached hydrogens (tertiary/aromatic N) is 4. The van der Waals surface area contributed by atoms with Gasteiger partial charge in [0, 0.05) is 193 Å². The minimum Gasteiger partial charge on any atom is -1.00 e. The minimum absolute atomic E-state index is 0. The molecule has 0 aromatic heterocycles. The number of imide groups is 3. The summed E-state index contributed by atoms with van der Waals surface area (Å²) < 4.78 is 10.9. The van der Waals surface area contributed by atoms with E-state index in [0.29, 0.717) is 75.5 Å². The van der Waals surface area contributed by atoms with Crippen LogP contribution in [0.2, 0.25) is 0 Å². The molecule has 4 aromatic rings. The molecule has 2 aliphatic carbocycles. The fourth-order valence-electron chi connectivity index (χ4n) is 14.4. The molecule has 4 heterocycles. The number of benzene rings is 4. The summed E-state index contributed by atoms with van der Waals surface area (Å²) in [4.78, 5) is 176. The molecule has 6 aliphatic rings. The van der Waals surface area contributed by atoms with Crippen LogP contribution in [-0.2, 0) is 71.8 Å². The van der Waals surface area contributed by atoms with Gasteiger partial charge in [-0.2, -0.15) is 0 Å². The van der Waals surface area contributed by atoms with E-state index in [1.807, 2.05) is 51.5 Å². The van der Waals surface area contributed by atoms with Gasteiger partial charge in [0.1, 0.15) is 13.2 Å². The van der Waals surface area contributed by atoms with Gasteiger partial charge in [-0.1, -0.05) is 68.8 Å². The molecule has 4 fully saturated rings. The third-order valence-corrected chi connectivity index (χ3v) is 25.9. The van der Waals surface area contributed by atoms with E-state index in [0.717, 1.165) is 106 Å². The maximum absolute atomic E-state index is 13.5. The molecule has 28 nitrogen and oxygen atoms in total. The van der Waals surface area contributed by atoms with Gasteiger partial charge in [-0.15, -0.1) is 47.0 Å². The predicted octanol–water partition coefficient (Wildman–Crippen LogP) is 4.86. The van der Waals surface area contributed by atoms with Crippen LogP contribution in [0.3, 0.4) is 0 Å². The number of thioether (sulfide) groups is 4. The van der Waals surface area contributed by atoms with E-state index in [-0.39, 0.29) is 167 Å². The SMILES string of the molecule is C=C(CCCSC1CC(=C)N(CCC(=O)Nc2cccc3c2-c2c(NC(=O)CCN4C(=O)CC(SCCCC(=C)NC)C4=O)cccc2C3COC(C)=O)C1=O)NC.C=C(CCCSC1CC(=O)N(CCC(=O)Nc2cccc3c2-c2ccc(NC(=O)CCN4C(=O)CC(SCCCC(N)=[NH+]C)C4=O)cc2C3COC(C)=O)C1=O)NC.[Cl-]. The number of nitrogens with one attached hydrogen (secondary N) is 8. The number of likely N-dealkylation sites (tertiary alicyclic amines) is 4. The summed E-state index contributed by atoms with van der Waals surface area (Å²) in [7, 11) is 7.21. The number of carbonyl (C=O) groups excluding carboxylic acids is 13. The highest BCUT2D eigenvalue weighted by Gasteiger charge is 2.43. The van der Waals surface area contributed by atoms with Gasteiger partial charge in [-0.3, -0.25) is 87.8 Å². The quantitative estimate of drug-likeness (QED) is 0.00939. The Kier molecular flexibility index (Phi) is 35.3. The fraction of sp³-hybridized carbons (Fsp3) is 0.452. The molecule has 117 heavy (non-hydrogen) atoms. The molecule has 4 saturated heterocycles. The van der Waals surface area contributed by atoms with Crippen LogP contribution in [0.25, 0.3) is 22.3 Å². The Balaban J connectivity index is 0.000000290. The molecule has 0 bridgehead atoms. The first kappa shape index (κ1) is 92.6. The zero-order valence-electron chi connectivity index (χ0n) is 67.1. The van der Waals surface area contributed by atoms with Crippen molar-refractivity contribution in [2.45, 2.75) is 149 Å². The number of hydrogen-bond acceptors (Lipinski definition) is 22. The largest absolute Gasteiger partial charge is 1.00 e. The highest BCUT2D eigenvalue weighted by molar-refractivity contribution is 8.01. The maximum Gasteiger partial charge on any atom is 0.302 e. The summed E-state index contributed by atoms with van der Waals surface area (Å²) in [5.74, 6) is -1.34. The normalized spacial score (nSPS) is 18.3. The highest BCUT2D eigenvalue weighted by Crippen LogP contribution is 2.53. The number of amidine groups is 1. The van der Waals surface area contributed by atoms with Crippen LogP contribution in [0.5, 0.6) is 0 Å². The molecule has 10 rings (SSSR count). The molecule has 628 valence electrons. The van der Waals surface area contributed by atoms with Crippen LogP contribution < -0.4 is 60.4 Å². The topological polar surface area (TPSA) is 378 Å². The molecule has 0 saturated carbocycles. The Hall–Kier alpha value is -9.89. The van der Waals surface area contributed by atoms with Crippen LogP contribution >= 0.6 is 47.0 Å². The maximum atomic E-state index is 13.5. The molecule has 4 aromatic carbocycles. The summed E-state index contributed by atoms with van der Waals surface area (Å²) in [6.07, 6.45) is 6.99.